The normalized spacial score (nSPS) is 17.9. The van der Waals surface area contributed by atoms with E-state index in [-0.39, 0.29) is 25.2 Å². The lowest BCUT2D eigenvalue weighted by molar-refractivity contribution is 0.0978. The third-order valence-corrected chi connectivity index (χ3v) is 8.37. The maximum atomic E-state index is 13.3. The van der Waals surface area contributed by atoms with Crippen molar-refractivity contribution in [3.05, 3.63) is 76.1 Å². The van der Waals surface area contributed by atoms with Gasteiger partial charge in [-0.2, -0.15) is 8.42 Å². The lowest BCUT2D eigenvalue weighted by Gasteiger charge is -2.27. The minimum absolute atomic E-state index is 0. The minimum atomic E-state index is -4.18. The van der Waals surface area contributed by atoms with Crippen LogP contribution in [0.3, 0.4) is 0 Å². The van der Waals surface area contributed by atoms with Gasteiger partial charge in [-0.3, -0.25) is 4.79 Å². The predicted octanol–water partition coefficient (Wildman–Crippen LogP) is 6.80. The van der Waals surface area contributed by atoms with Crippen molar-refractivity contribution in [1.29, 1.82) is 0 Å². The third kappa shape index (κ3) is 6.18. The molecule has 1 aromatic carbocycles. The topological polar surface area (TPSA) is 98.2 Å². The van der Waals surface area contributed by atoms with E-state index < -0.39 is 15.9 Å². The standard InChI is InChI=1S/C29H35N3O4S.2H2/c1-6-22-10-12-23(13-11-22)25-15-14-24(28(33)32-37(34,35)26-9-7-8-21(5)30-26)29(31-25)36-27-19(3)16-18(2)17-20(27)4;;/h7-9,14-17,22-23H,6,10-13H2,1-5H3,(H,32,33);2*1H. The molecule has 3 aromatic rings. The van der Waals surface area contributed by atoms with Gasteiger partial charge in [0.25, 0.3) is 15.9 Å². The van der Waals surface area contributed by atoms with Crippen LogP contribution in [-0.2, 0) is 10.0 Å². The molecule has 8 heteroatoms. The van der Waals surface area contributed by atoms with Gasteiger partial charge in [0.1, 0.15) is 11.3 Å². The number of ether oxygens (including phenoxy) is 1. The number of carbonyl (C=O) groups is 1. The van der Waals surface area contributed by atoms with Crippen LogP contribution >= 0.6 is 0 Å². The van der Waals surface area contributed by atoms with Crippen LogP contribution in [0.1, 0.15) is 86.2 Å². The summed E-state index contributed by atoms with van der Waals surface area (Å²) >= 11 is 0. The Morgan fingerprint density at radius 1 is 1.00 bits per heavy atom. The molecule has 0 aliphatic heterocycles. The van der Waals surface area contributed by atoms with Crippen molar-refractivity contribution in [2.75, 3.05) is 0 Å². The molecule has 0 unspecified atom stereocenters. The monoisotopic (exact) mass is 525 g/mol. The fourth-order valence-electron chi connectivity index (χ4n) is 5.12. The van der Waals surface area contributed by atoms with Crippen LogP contribution in [0.5, 0.6) is 11.6 Å². The van der Waals surface area contributed by atoms with Gasteiger partial charge in [0.05, 0.1) is 0 Å². The molecule has 200 valence electrons. The molecule has 4 rings (SSSR count). The second-order valence-electron chi connectivity index (χ2n) is 10.1. The van der Waals surface area contributed by atoms with Gasteiger partial charge < -0.3 is 4.74 Å². The van der Waals surface area contributed by atoms with Crippen molar-refractivity contribution in [3.8, 4) is 11.6 Å². The Labute approximate surface area is 222 Å². The number of amides is 1. The molecule has 37 heavy (non-hydrogen) atoms. The van der Waals surface area contributed by atoms with Crippen molar-refractivity contribution in [3.63, 3.8) is 0 Å². The third-order valence-electron chi connectivity index (χ3n) is 7.14. The average molecular weight is 526 g/mol. The number of pyridine rings is 2. The number of sulfonamides is 1. The Kier molecular flexibility index (Phi) is 7.97. The van der Waals surface area contributed by atoms with E-state index in [1.807, 2.05) is 39.0 Å². The molecule has 2 aromatic heterocycles. The molecule has 0 radical (unpaired) electrons. The number of hydrogen-bond acceptors (Lipinski definition) is 6. The molecular formula is C29H39N3O4S. The van der Waals surface area contributed by atoms with E-state index in [4.69, 9.17) is 9.72 Å². The summed E-state index contributed by atoms with van der Waals surface area (Å²) in [5.41, 5.74) is 4.39. The van der Waals surface area contributed by atoms with Crippen LogP contribution in [0.15, 0.2) is 47.5 Å². The molecular weight excluding hydrogens is 486 g/mol. The Morgan fingerprint density at radius 3 is 2.30 bits per heavy atom. The summed E-state index contributed by atoms with van der Waals surface area (Å²) < 4.78 is 34.2. The van der Waals surface area contributed by atoms with E-state index in [0.717, 1.165) is 54.0 Å². The fourth-order valence-corrected chi connectivity index (χ4v) is 6.10. The molecule has 0 spiro atoms. The van der Waals surface area contributed by atoms with E-state index in [2.05, 4.69) is 16.6 Å². The van der Waals surface area contributed by atoms with Crippen molar-refractivity contribution in [2.45, 2.75) is 77.7 Å². The van der Waals surface area contributed by atoms with E-state index in [1.54, 1.807) is 25.1 Å². The summed E-state index contributed by atoms with van der Waals surface area (Å²) in [7, 11) is -4.18. The number of carbonyl (C=O) groups excluding carboxylic acids is 1. The number of nitrogens with zero attached hydrogens (tertiary/aromatic N) is 2. The van der Waals surface area contributed by atoms with Gasteiger partial charge in [0.15, 0.2) is 5.03 Å². The Balaban J connectivity index is 0.00000267. The number of rotatable bonds is 7. The zero-order valence-electron chi connectivity index (χ0n) is 22.2. The minimum Gasteiger partial charge on any atom is -0.438 e. The number of aromatic nitrogens is 2. The molecule has 1 saturated carbocycles. The summed E-state index contributed by atoms with van der Waals surface area (Å²) in [6.45, 7) is 9.82. The predicted molar refractivity (Wildman–Crippen MR) is 148 cm³/mol. The number of hydrogen-bond donors (Lipinski definition) is 1. The lowest BCUT2D eigenvalue weighted by Crippen LogP contribution is -2.31. The van der Waals surface area contributed by atoms with Crippen molar-refractivity contribution < 1.29 is 20.8 Å². The molecule has 0 saturated heterocycles. The molecule has 1 N–H and O–H groups in total. The fraction of sp³-hybridized carbons (Fsp3) is 0.414. The summed E-state index contributed by atoms with van der Waals surface area (Å²) in [4.78, 5) is 22.1. The van der Waals surface area contributed by atoms with Gasteiger partial charge in [-0.25, -0.2) is 14.7 Å². The highest BCUT2D eigenvalue weighted by Gasteiger charge is 2.27. The molecule has 0 bridgehead atoms. The number of nitrogens with one attached hydrogen (secondary N) is 1. The van der Waals surface area contributed by atoms with Gasteiger partial charge >= 0.3 is 0 Å². The van der Waals surface area contributed by atoms with Gasteiger partial charge in [-0.15, -0.1) is 0 Å². The zero-order chi connectivity index (χ0) is 26.7. The molecule has 1 aliphatic rings. The first kappa shape index (κ1) is 26.8. The second kappa shape index (κ2) is 11.0. The summed E-state index contributed by atoms with van der Waals surface area (Å²) in [6.07, 6.45) is 5.56. The quantitative estimate of drug-likeness (QED) is 0.364. The van der Waals surface area contributed by atoms with Crippen LogP contribution in [0.25, 0.3) is 0 Å². The Morgan fingerprint density at radius 2 is 1.68 bits per heavy atom. The number of benzene rings is 1. The Hall–Kier alpha value is -3.26. The maximum absolute atomic E-state index is 13.3. The highest BCUT2D eigenvalue weighted by Crippen LogP contribution is 2.38. The SMILES string of the molecule is CCC1CCC(c2ccc(C(=O)NS(=O)(=O)c3cccc(C)n3)c(Oc3c(C)cc(C)cc3C)n2)CC1.[HH].[HH]. The van der Waals surface area contributed by atoms with Crippen LogP contribution in [-0.4, -0.2) is 24.3 Å². The smallest absolute Gasteiger partial charge is 0.281 e. The summed E-state index contributed by atoms with van der Waals surface area (Å²) in [6, 6.07) is 12.1. The van der Waals surface area contributed by atoms with Crippen molar-refractivity contribution in [1.82, 2.24) is 14.7 Å². The van der Waals surface area contributed by atoms with Crippen LogP contribution in [0, 0.1) is 33.6 Å². The van der Waals surface area contributed by atoms with Crippen LogP contribution in [0.2, 0.25) is 0 Å². The summed E-state index contributed by atoms with van der Waals surface area (Å²) in [5, 5.41) is -0.217. The van der Waals surface area contributed by atoms with E-state index >= 15 is 0 Å². The first-order valence-corrected chi connectivity index (χ1v) is 14.3. The first-order valence-electron chi connectivity index (χ1n) is 12.8. The second-order valence-corrected chi connectivity index (χ2v) is 11.7. The van der Waals surface area contributed by atoms with Crippen molar-refractivity contribution >= 4 is 15.9 Å². The maximum Gasteiger partial charge on any atom is 0.281 e. The van der Waals surface area contributed by atoms with Crippen LogP contribution in [0.4, 0.5) is 0 Å². The zero-order valence-corrected chi connectivity index (χ0v) is 23.0. The molecule has 7 nitrogen and oxygen atoms in total. The average Bonchev–Trinajstić information content (AvgIpc) is 2.86. The summed E-state index contributed by atoms with van der Waals surface area (Å²) in [5.74, 6) is 0.935. The van der Waals surface area contributed by atoms with Crippen molar-refractivity contribution in [2.24, 2.45) is 5.92 Å². The molecule has 1 aliphatic carbocycles. The molecule has 1 fully saturated rings. The van der Waals surface area contributed by atoms with Crippen LogP contribution < -0.4 is 9.46 Å². The van der Waals surface area contributed by atoms with Gasteiger partial charge in [-0.1, -0.05) is 37.1 Å². The Bertz CT molecular complexity index is 1400. The highest BCUT2D eigenvalue weighted by molar-refractivity contribution is 7.90. The lowest BCUT2D eigenvalue weighted by atomic mass is 9.79. The van der Waals surface area contributed by atoms with E-state index in [0.29, 0.717) is 11.4 Å². The highest BCUT2D eigenvalue weighted by atomic mass is 32.2. The molecule has 1 amide bonds. The van der Waals surface area contributed by atoms with Gasteiger partial charge in [-0.05, 0) is 94.7 Å². The van der Waals surface area contributed by atoms with Gasteiger partial charge in [0.2, 0.25) is 5.88 Å². The van der Waals surface area contributed by atoms with E-state index in [9.17, 15) is 13.2 Å². The molecule has 2 heterocycles. The number of aryl methyl sites for hydroxylation is 4. The first-order chi connectivity index (χ1) is 17.6. The molecule has 0 atom stereocenters. The largest absolute Gasteiger partial charge is 0.438 e. The van der Waals surface area contributed by atoms with Gasteiger partial charge in [0, 0.05) is 20.2 Å². The van der Waals surface area contributed by atoms with E-state index in [1.165, 1.54) is 12.5 Å².